The molecule has 9 heteroatoms. The molecule has 0 aliphatic rings. The largest absolute Gasteiger partial charge is 0.464 e. The van der Waals surface area contributed by atoms with E-state index in [-0.39, 0.29) is 11.9 Å². The molecule has 0 bridgehead atoms. The van der Waals surface area contributed by atoms with Gasteiger partial charge in [-0.25, -0.2) is 9.67 Å². The maximum absolute atomic E-state index is 13.7. The summed E-state index contributed by atoms with van der Waals surface area (Å²) < 4.78 is 50.4. The third-order valence-corrected chi connectivity index (χ3v) is 7.60. The number of halogens is 3. The molecule has 6 rings (SSSR count). The van der Waals surface area contributed by atoms with Crippen LogP contribution < -0.4 is 4.74 Å². The van der Waals surface area contributed by atoms with Crippen molar-refractivity contribution < 1.29 is 17.9 Å². The SMILES string of the molecule is CC(C)n1cc(-c2nn(C(c3ccccc3)(c3ccccc3)c3ccccc3)c3ccnc(OC(C)C(F)(F)F)c23)cn1. The first-order chi connectivity index (χ1) is 20.7. The zero-order chi connectivity index (χ0) is 30.2. The monoisotopic (exact) mass is 581 g/mol. The standard InChI is InChI=1S/C34H30F3N5O/c1-23(2)41-22-25(21-39-41)31-30-29(19-20-38-32(30)43-24(3)34(35,36)37)42(40-31)33(26-13-7-4-8-14-26,27-15-9-5-10-16-27)28-17-11-6-12-18-28/h4-24H,1-3H3. The Hall–Kier alpha value is -4.92. The molecule has 1 atom stereocenters. The fourth-order valence-electron chi connectivity index (χ4n) is 5.46. The minimum absolute atomic E-state index is 0.0678. The summed E-state index contributed by atoms with van der Waals surface area (Å²) in [6.07, 6.45) is -1.68. The molecule has 0 aliphatic heterocycles. The van der Waals surface area contributed by atoms with Crippen LogP contribution in [0.5, 0.6) is 5.88 Å². The molecule has 0 fully saturated rings. The molecule has 1 unspecified atom stereocenters. The third-order valence-electron chi connectivity index (χ3n) is 7.60. The van der Waals surface area contributed by atoms with E-state index in [4.69, 9.17) is 9.84 Å². The van der Waals surface area contributed by atoms with Crippen LogP contribution in [0.2, 0.25) is 0 Å². The molecule has 6 aromatic rings. The molecular formula is C34H30F3N5O. The van der Waals surface area contributed by atoms with Gasteiger partial charge in [-0.05, 0) is 43.5 Å². The number of alkyl halides is 3. The van der Waals surface area contributed by atoms with Gasteiger partial charge < -0.3 is 4.74 Å². The first kappa shape index (κ1) is 28.2. The van der Waals surface area contributed by atoms with Crippen molar-refractivity contribution in [2.45, 2.75) is 44.6 Å². The second-order valence-corrected chi connectivity index (χ2v) is 10.7. The fourth-order valence-corrected chi connectivity index (χ4v) is 5.46. The van der Waals surface area contributed by atoms with Crippen LogP contribution in [0.1, 0.15) is 43.5 Å². The molecule has 0 saturated carbocycles. The molecule has 0 saturated heterocycles. The Labute approximate surface area is 247 Å². The van der Waals surface area contributed by atoms with E-state index in [0.29, 0.717) is 22.2 Å². The number of pyridine rings is 1. The van der Waals surface area contributed by atoms with E-state index in [2.05, 4.69) is 10.1 Å². The van der Waals surface area contributed by atoms with E-state index >= 15 is 0 Å². The zero-order valence-corrected chi connectivity index (χ0v) is 23.9. The Balaban J connectivity index is 1.75. The van der Waals surface area contributed by atoms with Crippen molar-refractivity contribution >= 4 is 10.9 Å². The molecule has 0 amide bonds. The van der Waals surface area contributed by atoms with Gasteiger partial charge in [-0.3, -0.25) is 4.68 Å². The van der Waals surface area contributed by atoms with Crippen molar-refractivity contribution in [3.8, 4) is 17.1 Å². The average Bonchev–Trinajstić information content (AvgIpc) is 3.66. The first-order valence-corrected chi connectivity index (χ1v) is 14.0. The molecule has 3 aromatic heterocycles. The van der Waals surface area contributed by atoms with Crippen molar-refractivity contribution in [1.29, 1.82) is 0 Å². The van der Waals surface area contributed by atoms with Crippen LogP contribution in [-0.2, 0) is 5.54 Å². The predicted molar refractivity (Wildman–Crippen MR) is 160 cm³/mol. The highest BCUT2D eigenvalue weighted by Crippen LogP contribution is 2.45. The Morgan fingerprint density at radius 2 is 1.28 bits per heavy atom. The summed E-state index contributed by atoms with van der Waals surface area (Å²) in [6.45, 7) is 4.98. The highest BCUT2D eigenvalue weighted by molar-refractivity contribution is 5.97. The molecule has 0 N–H and O–H groups in total. The smallest absolute Gasteiger partial charge is 0.425 e. The van der Waals surface area contributed by atoms with E-state index in [1.54, 1.807) is 16.9 Å². The number of hydrogen-bond donors (Lipinski definition) is 0. The third kappa shape index (κ3) is 4.94. The van der Waals surface area contributed by atoms with E-state index in [1.165, 1.54) is 6.20 Å². The van der Waals surface area contributed by atoms with Crippen LogP contribution in [0.15, 0.2) is 116 Å². The van der Waals surface area contributed by atoms with Gasteiger partial charge in [-0.1, -0.05) is 91.0 Å². The second kappa shape index (κ2) is 11.1. The van der Waals surface area contributed by atoms with Gasteiger partial charge in [0, 0.05) is 24.0 Å². The summed E-state index contributed by atoms with van der Waals surface area (Å²) in [5.74, 6) is -0.149. The van der Waals surface area contributed by atoms with Crippen LogP contribution in [0.3, 0.4) is 0 Å². The fraction of sp³-hybridized carbons (Fsp3) is 0.206. The molecule has 0 radical (unpaired) electrons. The minimum Gasteiger partial charge on any atom is -0.464 e. The lowest BCUT2D eigenvalue weighted by molar-refractivity contribution is -0.189. The van der Waals surface area contributed by atoms with Crippen molar-refractivity contribution in [3.05, 3.63) is 132 Å². The normalized spacial score (nSPS) is 13.0. The van der Waals surface area contributed by atoms with Gasteiger partial charge in [0.15, 0.2) is 6.10 Å². The summed E-state index contributed by atoms with van der Waals surface area (Å²) in [6, 6.07) is 31.7. The Kier molecular flexibility index (Phi) is 7.25. The van der Waals surface area contributed by atoms with E-state index < -0.39 is 17.8 Å². The van der Waals surface area contributed by atoms with Gasteiger partial charge in [0.05, 0.1) is 17.1 Å². The van der Waals surface area contributed by atoms with Gasteiger partial charge in [-0.2, -0.15) is 23.4 Å². The summed E-state index contributed by atoms with van der Waals surface area (Å²) in [7, 11) is 0. The molecule has 0 aliphatic carbocycles. The molecular weight excluding hydrogens is 551 g/mol. The van der Waals surface area contributed by atoms with E-state index in [1.807, 2.05) is 116 Å². The lowest BCUT2D eigenvalue weighted by atomic mass is 9.77. The van der Waals surface area contributed by atoms with Crippen LogP contribution in [0.4, 0.5) is 13.2 Å². The molecule has 0 spiro atoms. The maximum Gasteiger partial charge on any atom is 0.425 e. The number of fused-ring (bicyclic) bond motifs is 1. The predicted octanol–water partition coefficient (Wildman–Crippen LogP) is 8.05. The highest BCUT2D eigenvalue weighted by atomic mass is 19.4. The molecule has 6 nitrogen and oxygen atoms in total. The van der Waals surface area contributed by atoms with Crippen molar-refractivity contribution in [2.75, 3.05) is 0 Å². The topological polar surface area (TPSA) is 57.8 Å². The molecule has 218 valence electrons. The van der Waals surface area contributed by atoms with Gasteiger partial charge in [0.25, 0.3) is 0 Å². The minimum atomic E-state index is -4.58. The Morgan fingerprint density at radius 3 is 1.74 bits per heavy atom. The summed E-state index contributed by atoms with van der Waals surface area (Å²) in [4.78, 5) is 4.30. The Bertz CT molecular complexity index is 1730. The maximum atomic E-state index is 13.7. The summed E-state index contributed by atoms with van der Waals surface area (Å²) >= 11 is 0. The second-order valence-electron chi connectivity index (χ2n) is 10.7. The van der Waals surface area contributed by atoms with Gasteiger partial charge in [0.1, 0.15) is 11.2 Å². The van der Waals surface area contributed by atoms with Crippen molar-refractivity contribution in [3.63, 3.8) is 0 Å². The molecule has 3 aromatic carbocycles. The number of benzene rings is 3. The number of ether oxygens (including phenoxy) is 1. The average molecular weight is 582 g/mol. The number of hydrogen-bond acceptors (Lipinski definition) is 4. The number of rotatable bonds is 8. The van der Waals surface area contributed by atoms with Crippen LogP contribution in [0, 0.1) is 0 Å². The van der Waals surface area contributed by atoms with Crippen molar-refractivity contribution in [1.82, 2.24) is 24.5 Å². The lowest BCUT2D eigenvalue weighted by Crippen LogP contribution is -2.38. The molecule has 3 heterocycles. The quantitative estimate of drug-likeness (QED) is 0.171. The van der Waals surface area contributed by atoms with Crippen LogP contribution in [-0.4, -0.2) is 36.8 Å². The first-order valence-electron chi connectivity index (χ1n) is 14.0. The van der Waals surface area contributed by atoms with Gasteiger partial charge in [0.2, 0.25) is 5.88 Å². The van der Waals surface area contributed by atoms with Crippen molar-refractivity contribution in [2.24, 2.45) is 0 Å². The van der Waals surface area contributed by atoms with Crippen LogP contribution >= 0.6 is 0 Å². The molecule has 43 heavy (non-hydrogen) atoms. The lowest BCUT2D eigenvalue weighted by Gasteiger charge is -2.37. The zero-order valence-electron chi connectivity index (χ0n) is 23.9. The van der Waals surface area contributed by atoms with Crippen LogP contribution in [0.25, 0.3) is 22.2 Å². The number of nitrogens with zero attached hydrogens (tertiary/aromatic N) is 5. The van der Waals surface area contributed by atoms with Gasteiger partial charge >= 0.3 is 6.18 Å². The van der Waals surface area contributed by atoms with E-state index in [0.717, 1.165) is 23.6 Å². The summed E-state index contributed by atoms with van der Waals surface area (Å²) in [5, 5.41) is 10.1. The number of aromatic nitrogens is 5. The Morgan fingerprint density at radius 1 is 0.744 bits per heavy atom. The highest BCUT2D eigenvalue weighted by Gasteiger charge is 2.43. The van der Waals surface area contributed by atoms with E-state index in [9.17, 15) is 13.2 Å². The van der Waals surface area contributed by atoms with Gasteiger partial charge in [-0.15, -0.1) is 0 Å². The summed E-state index contributed by atoms with van der Waals surface area (Å²) in [5.41, 5.74) is 3.37.